The maximum atomic E-state index is 13.8. The van der Waals surface area contributed by atoms with Crippen molar-refractivity contribution in [2.45, 2.75) is 29.1 Å². The highest BCUT2D eigenvalue weighted by atomic mass is 35.5. The highest BCUT2D eigenvalue weighted by molar-refractivity contribution is 7.90. The monoisotopic (exact) mass is 400 g/mol. The van der Waals surface area contributed by atoms with Gasteiger partial charge >= 0.3 is 0 Å². The third kappa shape index (κ3) is 5.66. The Kier molecular flexibility index (Phi) is 7.61. The molecule has 2 N–H and O–H groups in total. The minimum atomic E-state index is -3.85. The molecular weight excluding hydrogens is 379 g/mol. The fourth-order valence-corrected chi connectivity index (χ4v) is 4.39. The summed E-state index contributed by atoms with van der Waals surface area (Å²) < 4.78 is 63.2. The lowest BCUT2D eigenvalue weighted by Gasteiger charge is -2.22. The van der Waals surface area contributed by atoms with Crippen LogP contribution >= 0.6 is 12.4 Å². The lowest BCUT2D eigenvalue weighted by molar-refractivity contribution is 0.358. The molecule has 1 unspecified atom stereocenters. The summed E-state index contributed by atoms with van der Waals surface area (Å²) in [6, 6.07) is 2.81. The van der Waals surface area contributed by atoms with Crippen LogP contribution < -0.4 is 10.0 Å². The van der Waals surface area contributed by atoms with E-state index in [1.807, 2.05) is 0 Å². The normalized spacial score (nSPS) is 18.8. The molecule has 1 aromatic carbocycles. The van der Waals surface area contributed by atoms with Gasteiger partial charge in [0.1, 0.15) is 10.7 Å². The van der Waals surface area contributed by atoms with Gasteiger partial charge in [0.15, 0.2) is 9.84 Å². The average Bonchev–Trinajstić information content (AvgIpc) is 2.46. The van der Waals surface area contributed by atoms with Crippen molar-refractivity contribution in [1.29, 1.82) is 0 Å². The molecule has 0 aromatic heterocycles. The van der Waals surface area contributed by atoms with Crippen LogP contribution in [0.1, 0.15) is 19.3 Å². The van der Waals surface area contributed by atoms with Gasteiger partial charge in [-0.2, -0.15) is 0 Å². The first-order chi connectivity index (χ1) is 10.7. The molecule has 6 nitrogen and oxygen atoms in total. The van der Waals surface area contributed by atoms with Crippen LogP contribution in [0.2, 0.25) is 0 Å². The van der Waals surface area contributed by atoms with Crippen LogP contribution in [0.5, 0.6) is 0 Å². The quantitative estimate of drug-likeness (QED) is 0.751. The molecule has 0 aliphatic carbocycles. The molecular formula is C14H22ClFN2O4S2. The topological polar surface area (TPSA) is 92.3 Å². The van der Waals surface area contributed by atoms with E-state index in [-0.39, 0.29) is 23.8 Å². The van der Waals surface area contributed by atoms with Gasteiger partial charge in [-0.05, 0) is 56.5 Å². The maximum Gasteiger partial charge on any atom is 0.240 e. The molecule has 1 saturated heterocycles. The number of hydrogen-bond donors (Lipinski definition) is 2. The van der Waals surface area contributed by atoms with Crippen LogP contribution in [0, 0.1) is 11.7 Å². The van der Waals surface area contributed by atoms with Gasteiger partial charge in [0.25, 0.3) is 0 Å². The van der Waals surface area contributed by atoms with E-state index in [9.17, 15) is 21.2 Å². The molecule has 1 heterocycles. The summed E-state index contributed by atoms with van der Waals surface area (Å²) in [6.45, 7) is 2.14. The van der Waals surface area contributed by atoms with Gasteiger partial charge in [-0.3, -0.25) is 0 Å². The summed E-state index contributed by atoms with van der Waals surface area (Å²) in [5.41, 5.74) is 0. The van der Waals surface area contributed by atoms with Crippen molar-refractivity contribution in [2.24, 2.45) is 5.92 Å². The molecule has 1 aromatic rings. The van der Waals surface area contributed by atoms with E-state index in [0.717, 1.165) is 50.4 Å². The molecule has 1 aliphatic heterocycles. The van der Waals surface area contributed by atoms with Crippen LogP contribution in [0.25, 0.3) is 0 Å². The van der Waals surface area contributed by atoms with Crippen molar-refractivity contribution < 1.29 is 21.2 Å². The molecule has 2 rings (SSSR count). The van der Waals surface area contributed by atoms with Crippen LogP contribution in [-0.4, -0.2) is 42.7 Å². The van der Waals surface area contributed by atoms with Crippen molar-refractivity contribution >= 4 is 32.3 Å². The summed E-state index contributed by atoms with van der Waals surface area (Å²) in [6.07, 6.45) is 3.72. The number of piperidine rings is 1. The first-order valence-corrected chi connectivity index (χ1v) is 10.8. The second-order valence-corrected chi connectivity index (χ2v) is 9.51. The Bertz CT molecular complexity index is 763. The zero-order valence-corrected chi connectivity index (χ0v) is 15.7. The Hall–Kier alpha value is -0.740. The number of nitrogens with one attached hydrogen (secondary N) is 2. The van der Waals surface area contributed by atoms with Gasteiger partial charge in [-0.1, -0.05) is 0 Å². The van der Waals surface area contributed by atoms with Gasteiger partial charge in [0, 0.05) is 12.8 Å². The first kappa shape index (κ1) is 21.3. The predicted molar refractivity (Wildman–Crippen MR) is 92.2 cm³/mol. The molecule has 0 radical (unpaired) electrons. The van der Waals surface area contributed by atoms with E-state index >= 15 is 0 Å². The van der Waals surface area contributed by atoms with Crippen molar-refractivity contribution in [3.63, 3.8) is 0 Å². The molecule has 1 fully saturated rings. The van der Waals surface area contributed by atoms with Gasteiger partial charge in [0.2, 0.25) is 10.0 Å². The van der Waals surface area contributed by atoms with Crippen molar-refractivity contribution in [2.75, 3.05) is 25.9 Å². The molecule has 10 heteroatoms. The Morgan fingerprint density at radius 2 is 2.00 bits per heavy atom. The highest BCUT2D eigenvalue weighted by Crippen LogP contribution is 2.19. The zero-order chi connectivity index (χ0) is 17.1. The third-order valence-corrected chi connectivity index (χ3v) is 6.45. The smallest absolute Gasteiger partial charge is 0.240 e. The SMILES string of the molecule is CS(=O)(=O)c1ccc(S(=O)(=O)NCCC2CCCNC2)cc1F.Cl. The summed E-state index contributed by atoms with van der Waals surface area (Å²) in [5, 5.41) is 3.26. The van der Waals surface area contributed by atoms with E-state index in [1.54, 1.807) is 0 Å². The lowest BCUT2D eigenvalue weighted by atomic mass is 9.96. The fraction of sp³-hybridized carbons (Fsp3) is 0.571. The van der Waals surface area contributed by atoms with E-state index in [1.165, 1.54) is 0 Å². The largest absolute Gasteiger partial charge is 0.316 e. The van der Waals surface area contributed by atoms with Crippen LogP contribution in [0.3, 0.4) is 0 Å². The second kappa shape index (κ2) is 8.57. The van der Waals surface area contributed by atoms with Crippen LogP contribution in [-0.2, 0) is 19.9 Å². The lowest BCUT2D eigenvalue weighted by Crippen LogP contribution is -2.33. The molecule has 0 amide bonds. The van der Waals surface area contributed by atoms with E-state index in [2.05, 4.69) is 10.0 Å². The average molecular weight is 401 g/mol. The predicted octanol–water partition coefficient (Wildman–Crippen LogP) is 1.32. The molecule has 138 valence electrons. The summed E-state index contributed by atoms with van der Waals surface area (Å²) >= 11 is 0. The Morgan fingerprint density at radius 1 is 1.29 bits per heavy atom. The van der Waals surface area contributed by atoms with E-state index < -0.39 is 30.6 Å². The highest BCUT2D eigenvalue weighted by Gasteiger charge is 2.20. The number of sulfone groups is 1. The minimum absolute atomic E-state index is 0. The van der Waals surface area contributed by atoms with Crippen molar-refractivity contribution in [3.05, 3.63) is 24.0 Å². The third-order valence-electron chi connectivity index (χ3n) is 3.86. The van der Waals surface area contributed by atoms with Gasteiger partial charge in [-0.25, -0.2) is 25.9 Å². The second-order valence-electron chi connectivity index (χ2n) is 5.76. The fourth-order valence-electron chi connectivity index (χ4n) is 2.60. The molecule has 1 aliphatic rings. The molecule has 0 bridgehead atoms. The van der Waals surface area contributed by atoms with Crippen molar-refractivity contribution in [3.8, 4) is 0 Å². The van der Waals surface area contributed by atoms with Crippen LogP contribution in [0.15, 0.2) is 28.0 Å². The Labute approximate surface area is 148 Å². The number of halogens is 2. The number of benzene rings is 1. The first-order valence-electron chi connectivity index (χ1n) is 7.40. The molecule has 0 saturated carbocycles. The Balaban J connectivity index is 0.00000288. The summed E-state index contributed by atoms with van der Waals surface area (Å²) in [7, 11) is -7.58. The number of hydrogen-bond acceptors (Lipinski definition) is 5. The molecule has 24 heavy (non-hydrogen) atoms. The zero-order valence-electron chi connectivity index (χ0n) is 13.3. The van der Waals surface area contributed by atoms with Gasteiger partial charge < -0.3 is 5.32 Å². The van der Waals surface area contributed by atoms with Gasteiger partial charge in [0.05, 0.1) is 4.90 Å². The summed E-state index contributed by atoms with van der Waals surface area (Å²) in [5.74, 6) is -0.636. The molecule has 0 spiro atoms. The van der Waals surface area contributed by atoms with E-state index in [0.29, 0.717) is 12.3 Å². The number of sulfonamides is 1. The molecule has 1 atom stereocenters. The number of rotatable bonds is 6. The van der Waals surface area contributed by atoms with Crippen LogP contribution in [0.4, 0.5) is 4.39 Å². The summed E-state index contributed by atoms with van der Waals surface area (Å²) in [4.78, 5) is -0.783. The Morgan fingerprint density at radius 3 is 2.54 bits per heavy atom. The van der Waals surface area contributed by atoms with E-state index in [4.69, 9.17) is 0 Å². The maximum absolute atomic E-state index is 13.8. The van der Waals surface area contributed by atoms with Crippen molar-refractivity contribution in [1.82, 2.24) is 10.0 Å². The minimum Gasteiger partial charge on any atom is -0.316 e. The van der Waals surface area contributed by atoms with Gasteiger partial charge in [-0.15, -0.1) is 12.4 Å². The standard InChI is InChI=1S/C14H21FN2O4S2.ClH/c1-22(18,19)14-5-4-12(9-13(14)15)23(20,21)17-8-6-11-3-2-7-16-10-11;/h4-5,9,11,16-17H,2-3,6-8,10H2,1H3;1H.